The summed E-state index contributed by atoms with van der Waals surface area (Å²) in [4.78, 5) is 43.2. The lowest BCUT2D eigenvalue weighted by atomic mass is 9.97. The van der Waals surface area contributed by atoms with Crippen molar-refractivity contribution < 1.29 is 14.4 Å². The molecule has 1 aliphatic rings. The lowest BCUT2D eigenvalue weighted by Crippen LogP contribution is -2.47. The summed E-state index contributed by atoms with van der Waals surface area (Å²) in [6, 6.07) is 7.63. The van der Waals surface area contributed by atoms with E-state index in [1.54, 1.807) is 9.80 Å². The molecule has 0 N–H and O–H groups in total. The van der Waals surface area contributed by atoms with Gasteiger partial charge in [0.05, 0.1) is 0 Å². The Hall–Kier alpha value is -2.37. The van der Waals surface area contributed by atoms with Crippen LogP contribution in [0.5, 0.6) is 0 Å². The minimum atomic E-state index is -0.180. The van der Waals surface area contributed by atoms with Crippen LogP contribution in [-0.2, 0) is 14.4 Å². The summed E-state index contributed by atoms with van der Waals surface area (Å²) in [7, 11) is 0. The Bertz CT molecular complexity index is 715. The van der Waals surface area contributed by atoms with Crippen molar-refractivity contribution in [1.29, 1.82) is 0 Å². The van der Waals surface area contributed by atoms with Crippen LogP contribution in [0.25, 0.3) is 0 Å². The van der Waals surface area contributed by atoms with Gasteiger partial charge in [0, 0.05) is 17.6 Å². The summed E-state index contributed by atoms with van der Waals surface area (Å²) in [5, 5.41) is 0. The fraction of sp³-hybridized carbons (Fsp3) is 0.609. The number of nitrogens with zero attached hydrogens (tertiary/aromatic N) is 3. The Kier molecular flexibility index (Phi) is 8.23. The maximum atomic E-state index is 13.0. The molecule has 1 heterocycles. The predicted octanol–water partition coefficient (Wildman–Crippen LogP) is 3.58. The zero-order valence-corrected chi connectivity index (χ0v) is 18.5. The highest BCUT2D eigenvalue weighted by Gasteiger charge is 2.34. The van der Waals surface area contributed by atoms with E-state index in [-0.39, 0.29) is 49.4 Å². The van der Waals surface area contributed by atoms with E-state index in [0.29, 0.717) is 0 Å². The van der Waals surface area contributed by atoms with Crippen LogP contribution in [0.1, 0.15) is 58.9 Å². The molecule has 6 nitrogen and oxygen atoms in total. The summed E-state index contributed by atoms with van der Waals surface area (Å²) >= 11 is 0. The second-order valence-electron chi connectivity index (χ2n) is 8.20. The molecule has 1 aliphatic heterocycles. The molecule has 1 aromatic rings. The third-order valence-electron chi connectivity index (χ3n) is 5.60. The summed E-state index contributed by atoms with van der Waals surface area (Å²) in [6.45, 7) is 10.3. The Labute approximate surface area is 174 Å². The summed E-state index contributed by atoms with van der Waals surface area (Å²) in [5.74, 6) is -0.279. The summed E-state index contributed by atoms with van der Waals surface area (Å²) in [5.41, 5.74) is 1.91. The molecule has 6 heteroatoms. The number of hydrogen-bond donors (Lipinski definition) is 0. The molecule has 0 bridgehead atoms. The third-order valence-corrected chi connectivity index (χ3v) is 5.60. The highest BCUT2D eigenvalue weighted by molar-refractivity contribution is 6.00. The smallest absolute Gasteiger partial charge is 0.248 e. The fourth-order valence-corrected chi connectivity index (χ4v) is 3.61. The monoisotopic (exact) mass is 401 g/mol. The molecular formula is C23H35N3O3. The molecule has 0 unspecified atom stereocenters. The lowest BCUT2D eigenvalue weighted by Gasteiger charge is -2.31. The van der Waals surface area contributed by atoms with Gasteiger partial charge in [0.15, 0.2) is 0 Å². The molecule has 29 heavy (non-hydrogen) atoms. The van der Waals surface area contributed by atoms with Crippen molar-refractivity contribution in [2.75, 3.05) is 24.7 Å². The number of unbranched alkanes of at least 4 members (excludes halogenated alkanes) is 1. The topological polar surface area (TPSA) is 60.9 Å². The lowest BCUT2D eigenvalue weighted by molar-refractivity contribution is -0.144. The van der Waals surface area contributed by atoms with E-state index in [1.165, 1.54) is 4.90 Å². The summed E-state index contributed by atoms with van der Waals surface area (Å²) in [6.07, 6.45) is 3.69. The van der Waals surface area contributed by atoms with Gasteiger partial charge < -0.3 is 9.80 Å². The molecule has 1 atom stereocenters. The number of anilines is 1. The maximum Gasteiger partial charge on any atom is 0.248 e. The molecule has 0 aromatic heterocycles. The van der Waals surface area contributed by atoms with Crippen LogP contribution in [-0.4, -0.2) is 53.3 Å². The van der Waals surface area contributed by atoms with Crippen molar-refractivity contribution in [3.8, 4) is 0 Å². The molecule has 1 fully saturated rings. The van der Waals surface area contributed by atoms with Crippen LogP contribution in [0.2, 0.25) is 0 Å². The quantitative estimate of drug-likeness (QED) is 0.635. The zero-order valence-electron chi connectivity index (χ0n) is 18.5. The fourth-order valence-electron chi connectivity index (χ4n) is 3.61. The van der Waals surface area contributed by atoms with E-state index in [0.717, 1.165) is 36.9 Å². The van der Waals surface area contributed by atoms with Crippen molar-refractivity contribution in [2.45, 2.75) is 66.3 Å². The van der Waals surface area contributed by atoms with E-state index in [9.17, 15) is 14.4 Å². The van der Waals surface area contributed by atoms with Crippen LogP contribution >= 0.6 is 0 Å². The van der Waals surface area contributed by atoms with Crippen LogP contribution in [0.3, 0.4) is 0 Å². The van der Waals surface area contributed by atoms with Crippen molar-refractivity contribution in [1.82, 2.24) is 9.80 Å². The molecular weight excluding hydrogens is 366 g/mol. The van der Waals surface area contributed by atoms with Crippen LogP contribution in [0, 0.1) is 12.8 Å². The molecule has 0 aliphatic carbocycles. The minimum absolute atomic E-state index is 0.0220. The van der Waals surface area contributed by atoms with E-state index < -0.39 is 0 Å². The van der Waals surface area contributed by atoms with Crippen molar-refractivity contribution >= 4 is 23.4 Å². The highest BCUT2D eigenvalue weighted by atomic mass is 16.2. The Balaban J connectivity index is 2.05. The molecule has 160 valence electrons. The largest absolute Gasteiger partial charge is 0.331 e. The number of carbonyl (C=O) groups excluding carboxylic acids is 3. The molecule has 1 aromatic carbocycles. The Morgan fingerprint density at radius 1 is 1.14 bits per heavy atom. The van der Waals surface area contributed by atoms with Gasteiger partial charge in [0.1, 0.15) is 19.8 Å². The normalized spacial score (nSPS) is 15.2. The molecule has 0 saturated carbocycles. The second kappa shape index (κ2) is 10.4. The first-order valence-electron chi connectivity index (χ1n) is 10.7. The van der Waals surface area contributed by atoms with Gasteiger partial charge in [0.2, 0.25) is 17.7 Å². The number of rotatable bonds is 9. The number of aryl methyl sites for hydroxylation is 1. The average Bonchev–Trinajstić information content (AvgIpc) is 3.08. The molecule has 2 rings (SSSR count). The van der Waals surface area contributed by atoms with E-state index >= 15 is 0 Å². The second-order valence-corrected chi connectivity index (χ2v) is 8.20. The number of amides is 3. The Morgan fingerprint density at radius 2 is 1.79 bits per heavy atom. The van der Waals surface area contributed by atoms with Gasteiger partial charge in [-0.15, -0.1) is 0 Å². The first kappa shape index (κ1) is 22.9. The van der Waals surface area contributed by atoms with Crippen molar-refractivity contribution in [2.24, 2.45) is 5.92 Å². The van der Waals surface area contributed by atoms with E-state index in [2.05, 4.69) is 6.92 Å². The van der Waals surface area contributed by atoms with Crippen LogP contribution < -0.4 is 4.90 Å². The predicted molar refractivity (Wildman–Crippen MR) is 115 cm³/mol. The maximum absolute atomic E-state index is 13.0. The van der Waals surface area contributed by atoms with Gasteiger partial charge in [0.25, 0.3) is 0 Å². The van der Waals surface area contributed by atoms with Crippen molar-refractivity contribution in [3.63, 3.8) is 0 Å². The molecule has 0 radical (unpaired) electrons. The van der Waals surface area contributed by atoms with E-state index in [1.807, 2.05) is 52.0 Å². The van der Waals surface area contributed by atoms with Gasteiger partial charge in [-0.3, -0.25) is 19.3 Å². The molecule has 0 spiro atoms. The third kappa shape index (κ3) is 5.81. The highest BCUT2D eigenvalue weighted by Crippen LogP contribution is 2.21. The van der Waals surface area contributed by atoms with E-state index in [4.69, 9.17) is 0 Å². The minimum Gasteiger partial charge on any atom is -0.331 e. The van der Waals surface area contributed by atoms with Crippen LogP contribution in [0.15, 0.2) is 24.3 Å². The van der Waals surface area contributed by atoms with Crippen LogP contribution in [0.4, 0.5) is 5.69 Å². The number of hydrogen-bond acceptors (Lipinski definition) is 3. The number of carbonyl (C=O) groups is 3. The SMILES string of the molecule is CCCC[C@@H](CC)C(=O)N(CC(=O)N1CC(=O)N(c2ccc(C)cc2)C1)C(C)C. The summed E-state index contributed by atoms with van der Waals surface area (Å²) < 4.78 is 0. The Morgan fingerprint density at radius 3 is 2.34 bits per heavy atom. The first-order valence-corrected chi connectivity index (χ1v) is 10.7. The van der Waals surface area contributed by atoms with Crippen molar-refractivity contribution in [3.05, 3.63) is 29.8 Å². The van der Waals surface area contributed by atoms with Gasteiger partial charge in [-0.2, -0.15) is 0 Å². The average molecular weight is 402 g/mol. The molecule has 1 saturated heterocycles. The van der Waals surface area contributed by atoms with Gasteiger partial charge in [-0.1, -0.05) is 44.4 Å². The van der Waals surface area contributed by atoms with Gasteiger partial charge >= 0.3 is 0 Å². The first-order chi connectivity index (χ1) is 13.8. The number of benzene rings is 1. The molecule has 3 amide bonds. The van der Waals surface area contributed by atoms with Gasteiger partial charge in [-0.05, 0) is 45.7 Å². The standard InChI is InChI=1S/C23H35N3O3/c1-6-8-9-19(7-2)23(29)25(17(3)4)15-21(27)24-14-22(28)26(16-24)20-12-10-18(5)11-13-20/h10-13,17,19H,6-9,14-16H2,1-5H3/t19-/m1/s1. The zero-order chi connectivity index (χ0) is 21.6. The van der Waals surface area contributed by atoms with Gasteiger partial charge in [-0.25, -0.2) is 0 Å².